The lowest BCUT2D eigenvalue weighted by atomic mass is 10.2. The summed E-state index contributed by atoms with van der Waals surface area (Å²) in [5.74, 6) is -1.45. The molecule has 12 nitrogen and oxygen atoms in total. The van der Waals surface area contributed by atoms with Gasteiger partial charge in [-0.1, -0.05) is 0 Å². The SMILES string of the molecule is COC(=O)c1c(C)oc(C)c1S(=O)(=O)N1CCN(S(=O)(=O)c2cc(C(N)=O)n(C)c2)CC1. The van der Waals surface area contributed by atoms with Gasteiger partial charge in [0.1, 0.15) is 32.6 Å². The van der Waals surface area contributed by atoms with Crippen molar-refractivity contribution in [1.29, 1.82) is 0 Å². The number of primary amides is 1. The maximum atomic E-state index is 13.2. The number of nitrogens with two attached hydrogens (primary N) is 1. The first kappa shape index (κ1) is 24.0. The third-order valence-corrected chi connectivity index (χ3v) is 9.18. The van der Waals surface area contributed by atoms with Gasteiger partial charge in [-0.3, -0.25) is 4.79 Å². The standard InChI is InChI=1S/C18H24N4O8S2/c1-11-15(18(24)29-4)16(12(2)30-11)32(27,28)22-7-5-21(6-8-22)31(25,26)13-9-14(17(19)23)20(3)10-13/h9-10H,5-8H2,1-4H3,(H2,19,23). The van der Waals surface area contributed by atoms with Gasteiger partial charge in [-0.2, -0.15) is 8.61 Å². The highest BCUT2D eigenvalue weighted by Gasteiger charge is 2.39. The van der Waals surface area contributed by atoms with Gasteiger partial charge in [0.2, 0.25) is 20.0 Å². The Labute approximate surface area is 185 Å². The fourth-order valence-electron chi connectivity index (χ4n) is 3.66. The van der Waals surface area contributed by atoms with Crippen LogP contribution >= 0.6 is 0 Å². The number of aryl methyl sites for hydroxylation is 3. The summed E-state index contributed by atoms with van der Waals surface area (Å²) >= 11 is 0. The number of nitrogens with zero attached hydrogens (tertiary/aromatic N) is 3. The summed E-state index contributed by atoms with van der Waals surface area (Å²) in [6.07, 6.45) is 1.28. The van der Waals surface area contributed by atoms with Gasteiger partial charge >= 0.3 is 5.97 Å². The molecule has 176 valence electrons. The Balaban J connectivity index is 1.85. The fourth-order valence-corrected chi connectivity index (χ4v) is 6.95. The van der Waals surface area contributed by atoms with E-state index in [0.717, 1.165) is 15.7 Å². The Morgan fingerprint density at radius 1 is 1.00 bits per heavy atom. The summed E-state index contributed by atoms with van der Waals surface area (Å²) in [7, 11) is -5.49. The molecule has 0 aromatic carbocycles. The molecule has 14 heteroatoms. The van der Waals surface area contributed by atoms with E-state index in [-0.39, 0.29) is 58.7 Å². The first-order valence-corrected chi connectivity index (χ1v) is 12.3. The molecule has 2 aromatic heterocycles. The third-order valence-electron chi connectivity index (χ3n) is 5.26. The quantitative estimate of drug-likeness (QED) is 0.547. The number of aromatic nitrogens is 1. The summed E-state index contributed by atoms with van der Waals surface area (Å²) in [5.41, 5.74) is 5.10. The molecule has 2 aromatic rings. The van der Waals surface area contributed by atoms with Crippen LogP contribution in [0.25, 0.3) is 0 Å². The van der Waals surface area contributed by atoms with Crippen molar-refractivity contribution in [2.24, 2.45) is 12.8 Å². The maximum Gasteiger partial charge on any atom is 0.342 e. The second-order valence-electron chi connectivity index (χ2n) is 7.25. The highest BCUT2D eigenvalue weighted by atomic mass is 32.2. The zero-order chi connectivity index (χ0) is 24.0. The Kier molecular flexibility index (Phi) is 6.25. The molecule has 1 fully saturated rings. The molecule has 0 aliphatic carbocycles. The van der Waals surface area contributed by atoms with E-state index in [4.69, 9.17) is 10.2 Å². The largest absolute Gasteiger partial charge is 0.465 e. The van der Waals surface area contributed by atoms with Crippen LogP contribution in [0.1, 0.15) is 32.4 Å². The average Bonchev–Trinajstić information content (AvgIpc) is 3.27. The van der Waals surface area contributed by atoms with E-state index >= 15 is 0 Å². The molecular formula is C18H24N4O8S2. The van der Waals surface area contributed by atoms with Crippen LogP contribution < -0.4 is 5.73 Å². The highest BCUT2D eigenvalue weighted by molar-refractivity contribution is 7.89. The van der Waals surface area contributed by atoms with Crippen LogP contribution in [0, 0.1) is 13.8 Å². The summed E-state index contributed by atoms with van der Waals surface area (Å²) in [6, 6.07) is 1.18. The molecule has 2 N–H and O–H groups in total. The van der Waals surface area contributed by atoms with Gasteiger partial charge in [-0.15, -0.1) is 0 Å². The predicted molar refractivity (Wildman–Crippen MR) is 111 cm³/mol. The summed E-state index contributed by atoms with van der Waals surface area (Å²) in [6.45, 7) is 2.38. The summed E-state index contributed by atoms with van der Waals surface area (Å²) in [4.78, 5) is 23.2. The number of piperazine rings is 1. The number of esters is 1. The van der Waals surface area contributed by atoms with E-state index in [1.165, 1.54) is 37.7 Å². The van der Waals surface area contributed by atoms with Crippen molar-refractivity contribution in [3.05, 3.63) is 35.0 Å². The summed E-state index contributed by atoms with van der Waals surface area (Å²) < 4.78 is 66.0. The molecule has 3 rings (SSSR count). The van der Waals surface area contributed by atoms with Crippen molar-refractivity contribution in [2.75, 3.05) is 33.3 Å². The molecule has 1 amide bonds. The number of rotatable bonds is 6. The predicted octanol–water partition coefficient (Wildman–Crippen LogP) is -0.184. The van der Waals surface area contributed by atoms with Crippen LogP contribution in [-0.2, 0) is 31.8 Å². The van der Waals surface area contributed by atoms with Gasteiger partial charge in [0.15, 0.2) is 0 Å². The average molecular weight is 489 g/mol. The van der Waals surface area contributed by atoms with Gasteiger partial charge in [0, 0.05) is 39.4 Å². The minimum Gasteiger partial charge on any atom is -0.465 e. The molecule has 0 spiro atoms. The van der Waals surface area contributed by atoms with E-state index in [9.17, 15) is 26.4 Å². The van der Waals surface area contributed by atoms with Crippen molar-refractivity contribution in [3.63, 3.8) is 0 Å². The lowest BCUT2D eigenvalue weighted by Gasteiger charge is -2.33. The van der Waals surface area contributed by atoms with E-state index < -0.39 is 31.9 Å². The number of amides is 1. The number of carbonyl (C=O) groups excluding carboxylic acids is 2. The van der Waals surface area contributed by atoms with Crippen LogP contribution in [0.4, 0.5) is 0 Å². The molecular weight excluding hydrogens is 464 g/mol. The lowest BCUT2D eigenvalue weighted by molar-refractivity contribution is 0.0594. The van der Waals surface area contributed by atoms with Crippen molar-refractivity contribution in [3.8, 4) is 0 Å². The Morgan fingerprint density at radius 2 is 1.53 bits per heavy atom. The van der Waals surface area contributed by atoms with Crippen LogP contribution in [0.3, 0.4) is 0 Å². The van der Waals surface area contributed by atoms with Crippen molar-refractivity contribution < 1.29 is 35.6 Å². The number of furan rings is 1. The second-order valence-corrected chi connectivity index (χ2v) is 11.1. The highest BCUT2D eigenvalue weighted by Crippen LogP contribution is 2.31. The Hall–Kier alpha value is -2.68. The van der Waals surface area contributed by atoms with Gasteiger partial charge in [0.05, 0.1) is 7.11 Å². The number of carbonyl (C=O) groups is 2. The molecule has 1 aliphatic rings. The van der Waals surface area contributed by atoms with E-state index in [2.05, 4.69) is 4.74 Å². The Morgan fingerprint density at radius 3 is 2.00 bits per heavy atom. The smallest absolute Gasteiger partial charge is 0.342 e. The monoisotopic (exact) mass is 488 g/mol. The topological polar surface area (TPSA) is 162 Å². The van der Waals surface area contributed by atoms with E-state index in [1.54, 1.807) is 0 Å². The van der Waals surface area contributed by atoms with Crippen LogP contribution in [0.2, 0.25) is 0 Å². The molecule has 0 bridgehead atoms. The minimum atomic E-state index is -4.15. The van der Waals surface area contributed by atoms with Gasteiger partial charge in [-0.05, 0) is 19.9 Å². The number of hydrogen-bond acceptors (Lipinski definition) is 8. The Bertz CT molecular complexity index is 1280. The van der Waals surface area contributed by atoms with E-state index in [1.807, 2.05) is 0 Å². The fraction of sp³-hybridized carbons (Fsp3) is 0.444. The maximum absolute atomic E-state index is 13.2. The molecule has 0 radical (unpaired) electrons. The van der Waals surface area contributed by atoms with Crippen molar-refractivity contribution in [2.45, 2.75) is 23.6 Å². The van der Waals surface area contributed by atoms with Crippen molar-refractivity contribution >= 4 is 31.9 Å². The molecule has 0 atom stereocenters. The molecule has 1 saturated heterocycles. The number of hydrogen-bond donors (Lipinski definition) is 1. The van der Waals surface area contributed by atoms with Crippen LogP contribution in [0.15, 0.2) is 26.5 Å². The zero-order valence-corrected chi connectivity index (χ0v) is 19.6. The normalized spacial score (nSPS) is 16.2. The molecule has 0 saturated carbocycles. The number of sulfonamides is 2. The minimum absolute atomic E-state index is 0.0333. The van der Waals surface area contributed by atoms with Crippen LogP contribution in [-0.4, -0.2) is 75.2 Å². The first-order chi connectivity index (χ1) is 14.8. The van der Waals surface area contributed by atoms with E-state index in [0.29, 0.717) is 0 Å². The zero-order valence-electron chi connectivity index (χ0n) is 18.0. The van der Waals surface area contributed by atoms with Gasteiger partial charge in [-0.25, -0.2) is 21.6 Å². The number of ether oxygens (including phenoxy) is 1. The molecule has 3 heterocycles. The van der Waals surface area contributed by atoms with Gasteiger partial charge in [0.25, 0.3) is 5.91 Å². The molecule has 0 unspecified atom stereocenters. The number of methoxy groups -OCH3 is 1. The second kappa shape index (κ2) is 8.35. The molecule has 32 heavy (non-hydrogen) atoms. The lowest BCUT2D eigenvalue weighted by Crippen LogP contribution is -2.50. The summed E-state index contributed by atoms with van der Waals surface area (Å²) in [5, 5.41) is 0. The van der Waals surface area contributed by atoms with Crippen molar-refractivity contribution in [1.82, 2.24) is 13.2 Å². The van der Waals surface area contributed by atoms with Crippen LogP contribution in [0.5, 0.6) is 0 Å². The first-order valence-electron chi connectivity index (χ1n) is 9.47. The molecule has 1 aliphatic heterocycles. The third kappa shape index (κ3) is 3.94. The van der Waals surface area contributed by atoms with Gasteiger partial charge < -0.3 is 19.5 Å².